The minimum absolute atomic E-state index is 0.295. The fourth-order valence-corrected chi connectivity index (χ4v) is 4.01. The molecule has 23 heavy (non-hydrogen) atoms. The zero-order chi connectivity index (χ0) is 15.6. The average Bonchev–Trinajstić information content (AvgIpc) is 3.29. The Morgan fingerprint density at radius 1 is 1.22 bits per heavy atom. The molecule has 6 nitrogen and oxygen atoms in total. The molecule has 0 spiro atoms. The van der Waals surface area contributed by atoms with Gasteiger partial charge in [0.1, 0.15) is 5.82 Å². The Bertz CT molecular complexity index is 643. The largest absolute Gasteiger partial charge is 0.360 e. The van der Waals surface area contributed by atoms with Crippen LogP contribution in [0.4, 0.5) is 0 Å². The zero-order valence-electron chi connectivity index (χ0n) is 13.8. The number of rotatable bonds is 4. The van der Waals surface area contributed by atoms with Crippen molar-refractivity contribution in [1.82, 2.24) is 25.2 Å². The second-order valence-electron chi connectivity index (χ2n) is 6.96. The first-order chi connectivity index (χ1) is 11.3. The number of hydrogen-bond acceptors (Lipinski definition) is 5. The molecular formula is C17H25N5O. The Hall–Kier alpha value is -1.69. The van der Waals surface area contributed by atoms with Crippen LogP contribution in [-0.4, -0.2) is 31.8 Å². The molecule has 0 unspecified atom stereocenters. The van der Waals surface area contributed by atoms with Gasteiger partial charge in [-0.1, -0.05) is 24.4 Å². The van der Waals surface area contributed by atoms with Crippen LogP contribution < -0.4 is 0 Å². The second-order valence-corrected chi connectivity index (χ2v) is 6.96. The summed E-state index contributed by atoms with van der Waals surface area (Å²) in [5.74, 6) is 3.37. The van der Waals surface area contributed by atoms with Gasteiger partial charge in [0.15, 0.2) is 11.6 Å². The van der Waals surface area contributed by atoms with Gasteiger partial charge in [-0.3, -0.25) is 10.00 Å². The first kappa shape index (κ1) is 14.9. The second kappa shape index (κ2) is 6.43. The number of aromatic amines is 1. The monoisotopic (exact) mass is 315 g/mol. The van der Waals surface area contributed by atoms with Gasteiger partial charge in [-0.05, 0) is 39.2 Å². The van der Waals surface area contributed by atoms with Crippen LogP contribution in [0.25, 0.3) is 0 Å². The summed E-state index contributed by atoms with van der Waals surface area (Å²) < 4.78 is 5.63. The summed E-state index contributed by atoms with van der Waals surface area (Å²) in [6.45, 7) is 3.82. The van der Waals surface area contributed by atoms with E-state index in [1.165, 1.54) is 38.5 Å². The number of aryl methyl sites for hydroxylation is 1. The van der Waals surface area contributed by atoms with Gasteiger partial charge in [-0.15, -0.1) is 0 Å². The van der Waals surface area contributed by atoms with Gasteiger partial charge in [0.2, 0.25) is 0 Å². The van der Waals surface area contributed by atoms with Crippen LogP contribution in [-0.2, 0) is 6.54 Å². The standard InChI is InChI=1S/C17H25N5O/c1-12-18-17(20-19-12)16-8-5-9-22(16)11-14-10-15(21-23-14)13-6-3-2-4-7-13/h10,13,16H,2-9,11H2,1H3,(H,18,19,20)/t16-/m0/s1. The van der Waals surface area contributed by atoms with E-state index in [1.807, 2.05) is 6.92 Å². The third-order valence-corrected chi connectivity index (χ3v) is 5.24. The molecule has 0 bridgehead atoms. The molecule has 6 heteroatoms. The normalized spacial score (nSPS) is 23.6. The van der Waals surface area contributed by atoms with Crippen LogP contribution in [0.5, 0.6) is 0 Å². The topological polar surface area (TPSA) is 70.8 Å². The summed E-state index contributed by atoms with van der Waals surface area (Å²) in [5.41, 5.74) is 1.16. The van der Waals surface area contributed by atoms with Crippen molar-refractivity contribution in [3.8, 4) is 0 Å². The highest BCUT2D eigenvalue weighted by molar-refractivity contribution is 5.12. The lowest BCUT2D eigenvalue weighted by atomic mass is 9.87. The van der Waals surface area contributed by atoms with Gasteiger partial charge in [0.05, 0.1) is 18.3 Å². The van der Waals surface area contributed by atoms with E-state index in [0.717, 1.165) is 42.6 Å². The number of aromatic nitrogens is 4. The van der Waals surface area contributed by atoms with Crippen molar-refractivity contribution in [3.05, 3.63) is 29.2 Å². The molecule has 2 aliphatic rings. The van der Waals surface area contributed by atoms with E-state index in [1.54, 1.807) is 0 Å². The Kier molecular flexibility index (Phi) is 4.16. The number of hydrogen-bond donors (Lipinski definition) is 1. The average molecular weight is 315 g/mol. The zero-order valence-corrected chi connectivity index (χ0v) is 13.8. The maximum Gasteiger partial charge on any atom is 0.167 e. The Morgan fingerprint density at radius 3 is 2.87 bits per heavy atom. The number of nitrogens with zero attached hydrogens (tertiary/aromatic N) is 4. The summed E-state index contributed by atoms with van der Waals surface area (Å²) in [5, 5.41) is 11.6. The molecule has 1 saturated carbocycles. The molecule has 2 aromatic rings. The minimum atomic E-state index is 0.295. The SMILES string of the molecule is Cc1nc([C@@H]2CCCN2Cc2cc(C3CCCCC3)no2)n[nH]1. The van der Waals surface area contributed by atoms with Gasteiger partial charge >= 0.3 is 0 Å². The molecular weight excluding hydrogens is 290 g/mol. The van der Waals surface area contributed by atoms with E-state index in [9.17, 15) is 0 Å². The molecule has 1 N–H and O–H groups in total. The van der Waals surface area contributed by atoms with Gasteiger partial charge in [0, 0.05) is 12.0 Å². The van der Waals surface area contributed by atoms with E-state index in [0.29, 0.717) is 12.0 Å². The summed E-state index contributed by atoms with van der Waals surface area (Å²) in [4.78, 5) is 6.92. The maximum atomic E-state index is 5.63. The summed E-state index contributed by atoms with van der Waals surface area (Å²) >= 11 is 0. The van der Waals surface area contributed by atoms with E-state index < -0.39 is 0 Å². The smallest absolute Gasteiger partial charge is 0.167 e. The molecule has 0 radical (unpaired) electrons. The molecule has 2 aromatic heterocycles. The van der Waals surface area contributed by atoms with Gasteiger partial charge in [-0.2, -0.15) is 5.10 Å². The van der Waals surface area contributed by atoms with Crippen molar-refractivity contribution < 1.29 is 4.52 Å². The molecule has 4 rings (SSSR count). The highest BCUT2D eigenvalue weighted by Crippen LogP contribution is 2.34. The molecule has 1 aliphatic carbocycles. The molecule has 1 atom stereocenters. The lowest BCUT2D eigenvalue weighted by Crippen LogP contribution is -2.23. The van der Waals surface area contributed by atoms with Crippen LogP contribution >= 0.6 is 0 Å². The molecule has 1 aliphatic heterocycles. The molecule has 0 aromatic carbocycles. The minimum Gasteiger partial charge on any atom is -0.360 e. The van der Waals surface area contributed by atoms with Crippen molar-refractivity contribution in [2.45, 2.75) is 70.4 Å². The highest BCUT2D eigenvalue weighted by atomic mass is 16.5. The van der Waals surface area contributed by atoms with Crippen molar-refractivity contribution in [3.63, 3.8) is 0 Å². The van der Waals surface area contributed by atoms with Crippen molar-refractivity contribution in [2.24, 2.45) is 0 Å². The van der Waals surface area contributed by atoms with Gasteiger partial charge < -0.3 is 4.52 Å². The first-order valence-electron chi connectivity index (χ1n) is 8.88. The quantitative estimate of drug-likeness (QED) is 0.935. The summed E-state index contributed by atoms with van der Waals surface area (Å²) in [6, 6.07) is 2.47. The van der Waals surface area contributed by atoms with E-state index >= 15 is 0 Å². The van der Waals surface area contributed by atoms with Crippen LogP contribution in [0.1, 0.15) is 80.0 Å². The van der Waals surface area contributed by atoms with Crippen molar-refractivity contribution >= 4 is 0 Å². The maximum absolute atomic E-state index is 5.63. The Labute approximate surface area is 136 Å². The number of nitrogens with one attached hydrogen (secondary N) is 1. The number of likely N-dealkylation sites (tertiary alicyclic amines) is 1. The van der Waals surface area contributed by atoms with Crippen molar-refractivity contribution in [1.29, 1.82) is 0 Å². The van der Waals surface area contributed by atoms with E-state index in [2.05, 4.69) is 31.3 Å². The van der Waals surface area contributed by atoms with Crippen molar-refractivity contribution in [2.75, 3.05) is 6.54 Å². The predicted octanol–water partition coefficient (Wildman–Crippen LogP) is 3.49. The molecule has 2 fully saturated rings. The summed E-state index contributed by atoms with van der Waals surface area (Å²) in [6.07, 6.45) is 8.83. The lowest BCUT2D eigenvalue weighted by molar-refractivity contribution is 0.210. The van der Waals surface area contributed by atoms with Crippen LogP contribution in [0.2, 0.25) is 0 Å². The lowest BCUT2D eigenvalue weighted by Gasteiger charge is -2.20. The van der Waals surface area contributed by atoms with E-state index in [-0.39, 0.29) is 0 Å². The Balaban J connectivity index is 1.44. The molecule has 3 heterocycles. The third kappa shape index (κ3) is 3.17. The Morgan fingerprint density at radius 2 is 2.09 bits per heavy atom. The van der Waals surface area contributed by atoms with Crippen LogP contribution in [0, 0.1) is 6.92 Å². The van der Waals surface area contributed by atoms with Gasteiger partial charge in [0.25, 0.3) is 0 Å². The molecule has 124 valence electrons. The van der Waals surface area contributed by atoms with E-state index in [4.69, 9.17) is 4.52 Å². The van der Waals surface area contributed by atoms with Crippen LogP contribution in [0.15, 0.2) is 10.6 Å². The highest BCUT2D eigenvalue weighted by Gasteiger charge is 2.30. The predicted molar refractivity (Wildman–Crippen MR) is 85.8 cm³/mol. The first-order valence-corrected chi connectivity index (χ1v) is 8.88. The molecule has 0 amide bonds. The van der Waals surface area contributed by atoms with Crippen LogP contribution in [0.3, 0.4) is 0 Å². The fourth-order valence-electron chi connectivity index (χ4n) is 4.01. The third-order valence-electron chi connectivity index (χ3n) is 5.24. The number of H-pyrrole nitrogens is 1. The molecule has 1 saturated heterocycles. The fraction of sp³-hybridized carbons (Fsp3) is 0.706. The summed E-state index contributed by atoms with van der Waals surface area (Å²) in [7, 11) is 0. The van der Waals surface area contributed by atoms with Gasteiger partial charge in [-0.25, -0.2) is 4.98 Å².